The Kier molecular flexibility index (Phi) is 19.1. The first-order valence-electron chi connectivity index (χ1n) is 17.1. The number of ether oxygens (including phenoxy) is 2. The van der Waals surface area contributed by atoms with Crippen LogP contribution < -0.4 is 0 Å². The van der Waals surface area contributed by atoms with Gasteiger partial charge in [-0.3, -0.25) is 9.69 Å². The van der Waals surface area contributed by atoms with Gasteiger partial charge in [-0.1, -0.05) is 109 Å². The Hall–Kier alpha value is -1.03. The molecular weight excluding hydrogens is 534 g/mol. The molecule has 246 valence electrons. The molecule has 0 saturated carbocycles. The molecule has 4 N–H and O–H groups in total. The van der Waals surface area contributed by atoms with Crippen molar-refractivity contribution in [1.29, 1.82) is 0 Å². The lowest BCUT2D eigenvalue weighted by atomic mass is 9.81. The van der Waals surface area contributed by atoms with Gasteiger partial charge in [0.25, 0.3) is 0 Å². The van der Waals surface area contributed by atoms with Gasteiger partial charge in [-0.25, -0.2) is 0 Å². The molecule has 2 aliphatic rings. The number of nitrogens with zero attached hydrogens (tertiary/aromatic N) is 1. The number of aliphatic hydroxyl groups is 4. The standard InChI is InChI=1S/C34H63NO7/c1-4-5-6-7-8-9-10-11-12-13-14-15-16-17-18-28(34(40)41-3)27-19-21-35(22-20-27)24-26(2)23-29-31(37)33(39)32(38)30(25-36)42-29/h27-33,36-39H,2,4-25H2,1,3H3/t28-,29-,30-,31+,32+,33-/m1/s1. The largest absolute Gasteiger partial charge is 0.469 e. The summed E-state index contributed by atoms with van der Waals surface area (Å²) < 4.78 is 10.8. The second-order valence-corrected chi connectivity index (χ2v) is 12.9. The maximum atomic E-state index is 12.6. The van der Waals surface area contributed by atoms with Crippen molar-refractivity contribution < 1.29 is 34.7 Å². The number of piperidine rings is 1. The maximum Gasteiger partial charge on any atom is 0.308 e. The van der Waals surface area contributed by atoms with Gasteiger partial charge in [0, 0.05) is 6.54 Å². The molecular formula is C34H63NO7. The van der Waals surface area contributed by atoms with E-state index in [1.54, 1.807) is 0 Å². The third-order valence-electron chi connectivity index (χ3n) is 9.50. The Balaban J connectivity index is 1.60. The van der Waals surface area contributed by atoms with Crippen molar-refractivity contribution in [2.75, 3.05) is 33.4 Å². The summed E-state index contributed by atoms with van der Waals surface area (Å²) >= 11 is 0. The summed E-state index contributed by atoms with van der Waals surface area (Å²) in [4.78, 5) is 15.0. The third-order valence-corrected chi connectivity index (χ3v) is 9.50. The van der Waals surface area contributed by atoms with Crippen LogP contribution in [-0.4, -0.2) is 95.2 Å². The summed E-state index contributed by atoms with van der Waals surface area (Å²) in [5.74, 6) is 0.219. The third kappa shape index (κ3) is 13.3. The summed E-state index contributed by atoms with van der Waals surface area (Å²) in [7, 11) is 1.50. The Bertz CT molecular complexity index is 725. The van der Waals surface area contributed by atoms with Crippen LogP contribution >= 0.6 is 0 Å². The van der Waals surface area contributed by atoms with Gasteiger partial charge < -0.3 is 29.9 Å². The lowest BCUT2D eigenvalue weighted by molar-refractivity contribution is -0.228. The fourth-order valence-electron chi connectivity index (χ4n) is 6.78. The smallest absolute Gasteiger partial charge is 0.308 e. The molecule has 0 radical (unpaired) electrons. The van der Waals surface area contributed by atoms with E-state index < -0.39 is 37.1 Å². The predicted octanol–water partition coefficient (Wildman–Crippen LogP) is 5.15. The monoisotopic (exact) mass is 597 g/mol. The highest BCUT2D eigenvalue weighted by Gasteiger charge is 2.43. The van der Waals surface area contributed by atoms with E-state index in [0.717, 1.165) is 44.3 Å². The lowest BCUT2D eigenvalue weighted by Gasteiger charge is -2.41. The summed E-state index contributed by atoms with van der Waals surface area (Å²) in [6.07, 6.45) is 16.1. The number of rotatable bonds is 22. The molecule has 0 aliphatic carbocycles. The second-order valence-electron chi connectivity index (χ2n) is 12.9. The van der Waals surface area contributed by atoms with Gasteiger partial charge in [0.05, 0.1) is 25.7 Å². The van der Waals surface area contributed by atoms with Crippen LogP contribution in [0.4, 0.5) is 0 Å². The van der Waals surface area contributed by atoms with E-state index in [1.807, 2.05) is 0 Å². The van der Waals surface area contributed by atoms with E-state index in [2.05, 4.69) is 18.4 Å². The van der Waals surface area contributed by atoms with E-state index in [-0.39, 0.29) is 11.9 Å². The molecule has 0 unspecified atom stereocenters. The van der Waals surface area contributed by atoms with Crippen molar-refractivity contribution in [2.45, 2.75) is 153 Å². The normalized spacial score (nSPS) is 26.3. The quantitative estimate of drug-likeness (QED) is 0.0769. The molecule has 0 aromatic carbocycles. The SMILES string of the molecule is C=C(C[C@H]1O[C@H](CO)[C@H](O)[C@H](O)[C@H]1O)CN1CCC([C@@H](CCCCCCCCCCCCCCCC)C(=O)OC)CC1. The number of hydrogen-bond donors (Lipinski definition) is 4. The van der Waals surface area contributed by atoms with Crippen LogP contribution in [-0.2, 0) is 14.3 Å². The van der Waals surface area contributed by atoms with E-state index in [1.165, 1.54) is 90.6 Å². The fraction of sp³-hybridized carbons (Fsp3) is 0.912. The van der Waals surface area contributed by atoms with Crippen molar-refractivity contribution in [1.82, 2.24) is 4.90 Å². The molecule has 2 saturated heterocycles. The number of methoxy groups -OCH3 is 1. The van der Waals surface area contributed by atoms with E-state index in [4.69, 9.17) is 9.47 Å². The number of carbonyl (C=O) groups is 1. The van der Waals surface area contributed by atoms with Crippen molar-refractivity contribution in [3.05, 3.63) is 12.2 Å². The number of aliphatic hydroxyl groups excluding tert-OH is 4. The van der Waals surface area contributed by atoms with Crippen LogP contribution in [0.3, 0.4) is 0 Å². The van der Waals surface area contributed by atoms with Gasteiger partial charge in [-0.2, -0.15) is 0 Å². The van der Waals surface area contributed by atoms with Crippen LogP contribution in [0.1, 0.15) is 122 Å². The zero-order valence-corrected chi connectivity index (χ0v) is 26.8. The van der Waals surface area contributed by atoms with E-state index >= 15 is 0 Å². The highest BCUT2D eigenvalue weighted by atomic mass is 16.5. The zero-order chi connectivity index (χ0) is 30.7. The minimum Gasteiger partial charge on any atom is -0.469 e. The number of unbranched alkanes of at least 4 members (excludes halogenated alkanes) is 13. The Morgan fingerprint density at radius 2 is 1.33 bits per heavy atom. The van der Waals surface area contributed by atoms with Crippen molar-refractivity contribution in [3.8, 4) is 0 Å². The van der Waals surface area contributed by atoms with Crippen LogP contribution in [0.25, 0.3) is 0 Å². The topological polar surface area (TPSA) is 120 Å². The minimum atomic E-state index is -1.36. The predicted molar refractivity (Wildman–Crippen MR) is 167 cm³/mol. The minimum absolute atomic E-state index is 0.0354. The molecule has 6 atom stereocenters. The van der Waals surface area contributed by atoms with Gasteiger partial charge in [-0.15, -0.1) is 0 Å². The molecule has 2 rings (SSSR count). The number of hydrogen-bond acceptors (Lipinski definition) is 8. The molecule has 8 heteroatoms. The molecule has 2 aliphatic heterocycles. The number of carbonyl (C=O) groups excluding carboxylic acids is 1. The molecule has 0 aromatic heterocycles. The molecule has 42 heavy (non-hydrogen) atoms. The average Bonchev–Trinajstić information content (AvgIpc) is 2.99. The highest BCUT2D eigenvalue weighted by molar-refractivity contribution is 5.72. The van der Waals surface area contributed by atoms with Gasteiger partial charge in [0.2, 0.25) is 0 Å². The van der Waals surface area contributed by atoms with Crippen molar-refractivity contribution in [3.63, 3.8) is 0 Å². The number of likely N-dealkylation sites (tertiary alicyclic amines) is 1. The Morgan fingerprint density at radius 1 is 0.833 bits per heavy atom. The van der Waals surface area contributed by atoms with Gasteiger partial charge in [0.15, 0.2) is 0 Å². The molecule has 0 spiro atoms. The average molecular weight is 598 g/mol. The first-order valence-corrected chi connectivity index (χ1v) is 17.1. The molecule has 2 heterocycles. The zero-order valence-electron chi connectivity index (χ0n) is 26.8. The van der Waals surface area contributed by atoms with Crippen LogP contribution in [0.5, 0.6) is 0 Å². The Labute approximate surface area is 255 Å². The van der Waals surface area contributed by atoms with Gasteiger partial charge in [0.1, 0.15) is 24.4 Å². The van der Waals surface area contributed by atoms with Crippen LogP contribution in [0.15, 0.2) is 12.2 Å². The second kappa shape index (κ2) is 21.6. The first kappa shape index (κ1) is 37.2. The van der Waals surface area contributed by atoms with Crippen LogP contribution in [0.2, 0.25) is 0 Å². The van der Waals surface area contributed by atoms with E-state index in [9.17, 15) is 25.2 Å². The fourth-order valence-corrected chi connectivity index (χ4v) is 6.78. The molecule has 0 bridgehead atoms. The van der Waals surface area contributed by atoms with Gasteiger partial charge in [-0.05, 0) is 44.7 Å². The highest BCUT2D eigenvalue weighted by Crippen LogP contribution is 2.31. The molecule has 0 aromatic rings. The summed E-state index contributed by atoms with van der Waals surface area (Å²) in [5.41, 5.74) is 0.865. The van der Waals surface area contributed by atoms with Gasteiger partial charge >= 0.3 is 5.97 Å². The summed E-state index contributed by atoms with van der Waals surface area (Å²) in [6, 6.07) is 0. The van der Waals surface area contributed by atoms with E-state index in [0.29, 0.717) is 18.9 Å². The first-order chi connectivity index (χ1) is 20.3. The van der Waals surface area contributed by atoms with Crippen molar-refractivity contribution >= 4 is 5.97 Å². The summed E-state index contributed by atoms with van der Waals surface area (Å²) in [5, 5.41) is 39.8. The van der Waals surface area contributed by atoms with Crippen LogP contribution in [0, 0.1) is 11.8 Å². The summed E-state index contributed by atoms with van der Waals surface area (Å²) in [6.45, 7) is 8.37. The molecule has 0 amide bonds. The molecule has 8 nitrogen and oxygen atoms in total. The Morgan fingerprint density at radius 3 is 1.83 bits per heavy atom. The van der Waals surface area contributed by atoms with Crippen molar-refractivity contribution in [2.24, 2.45) is 11.8 Å². The molecule has 2 fully saturated rings. The lowest BCUT2D eigenvalue weighted by Crippen LogP contribution is -2.58. The number of esters is 1. The maximum absolute atomic E-state index is 12.6.